The molecule has 0 radical (unpaired) electrons. The molecule has 2 heterocycles. The molecule has 0 saturated carbocycles. The van der Waals surface area contributed by atoms with Crippen LogP contribution in [-0.4, -0.2) is 45.3 Å². The molecule has 0 unspecified atom stereocenters. The van der Waals surface area contributed by atoms with Crippen molar-refractivity contribution >= 4 is 5.97 Å². The van der Waals surface area contributed by atoms with Gasteiger partial charge in [-0.25, -0.2) is 0 Å². The maximum absolute atomic E-state index is 11.5. The summed E-state index contributed by atoms with van der Waals surface area (Å²) < 4.78 is 7.17. The second kappa shape index (κ2) is 6.65. The lowest BCUT2D eigenvalue weighted by atomic mass is 10.1. The molecule has 0 aromatic carbocycles. The highest BCUT2D eigenvalue weighted by molar-refractivity contribution is 5.71. The van der Waals surface area contributed by atoms with Crippen LogP contribution in [0.25, 0.3) is 0 Å². The van der Waals surface area contributed by atoms with E-state index in [1.807, 2.05) is 18.7 Å². The van der Waals surface area contributed by atoms with Crippen LogP contribution in [0.2, 0.25) is 0 Å². The van der Waals surface area contributed by atoms with Gasteiger partial charge in [0.15, 0.2) is 0 Å². The molecule has 6 nitrogen and oxygen atoms in total. The van der Waals surface area contributed by atoms with E-state index in [0.717, 1.165) is 31.2 Å². The molecule has 0 fully saturated rings. The summed E-state index contributed by atoms with van der Waals surface area (Å²) in [6, 6.07) is 0. The normalized spacial score (nSPS) is 14.5. The lowest BCUT2D eigenvalue weighted by Gasteiger charge is -2.20. The molecule has 1 aromatic rings. The topological polar surface area (TPSA) is 60.2 Å². The first-order valence-electron chi connectivity index (χ1n) is 7.03. The molecule has 0 atom stereocenters. The van der Waals surface area contributed by atoms with Crippen LogP contribution >= 0.6 is 0 Å². The van der Waals surface area contributed by atoms with Crippen LogP contribution in [0.5, 0.6) is 0 Å². The predicted octanol–water partition coefficient (Wildman–Crippen LogP) is 0.999. The average molecular weight is 266 g/mol. The predicted molar refractivity (Wildman–Crippen MR) is 70.5 cm³/mol. The van der Waals surface area contributed by atoms with Crippen LogP contribution < -0.4 is 0 Å². The summed E-state index contributed by atoms with van der Waals surface area (Å²) >= 11 is 0. The van der Waals surface area contributed by atoms with Crippen LogP contribution in [0.1, 0.15) is 38.3 Å². The Bertz CT molecular complexity index is 430. The minimum Gasteiger partial charge on any atom is -0.465 e. The zero-order valence-electron chi connectivity index (χ0n) is 11.8. The fourth-order valence-corrected chi connectivity index (χ4v) is 2.35. The maximum atomic E-state index is 11.5. The van der Waals surface area contributed by atoms with E-state index in [-0.39, 0.29) is 5.97 Å². The molecular formula is C13H22N4O2. The van der Waals surface area contributed by atoms with Crippen LogP contribution in [0, 0.1) is 0 Å². The van der Waals surface area contributed by atoms with E-state index in [1.54, 1.807) is 0 Å². The third-order valence-corrected chi connectivity index (χ3v) is 3.41. The number of likely N-dealkylation sites (N-methyl/N-ethyl adjacent to an activating group) is 1. The summed E-state index contributed by atoms with van der Waals surface area (Å²) in [4.78, 5) is 13.6. The molecule has 1 aromatic heterocycles. The SMILES string of the molecule is CCOC(=O)CN(CC)Cc1nnc2n1CCCC2. The number of fused-ring (bicyclic) bond motifs is 1. The summed E-state index contributed by atoms with van der Waals surface area (Å²) in [6.07, 6.45) is 3.39. The van der Waals surface area contributed by atoms with Gasteiger partial charge in [0.25, 0.3) is 0 Å². The fourth-order valence-electron chi connectivity index (χ4n) is 2.35. The minimum atomic E-state index is -0.178. The standard InChI is InChI=1S/C13H22N4O2/c1-3-16(10-13(18)19-4-2)9-12-15-14-11-7-5-6-8-17(11)12/h3-10H2,1-2H3. The molecule has 19 heavy (non-hydrogen) atoms. The Morgan fingerprint density at radius 2 is 2.21 bits per heavy atom. The zero-order chi connectivity index (χ0) is 13.7. The number of aromatic nitrogens is 3. The van der Waals surface area contributed by atoms with E-state index >= 15 is 0 Å². The van der Waals surface area contributed by atoms with Crippen molar-refractivity contribution in [1.29, 1.82) is 0 Å². The van der Waals surface area contributed by atoms with Crippen molar-refractivity contribution < 1.29 is 9.53 Å². The van der Waals surface area contributed by atoms with E-state index < -0.39 is 0 Å². The molecule has 2 rings (SSSR count). The molecule has 0 amide bonds. The fraction of sp³-hybridized carbons (Fsp3) is 0.769. The molecular weight excluding hydrogens is 244 g/mol. The van der Waals surface area contributed by atoms with Gasteiger partial charge in [0.1, 0.15) is 11.6 Å². The van der Waals surface area contributed by atoms with Crippen LogP contribution in [-0.2, 0) is 29.0 Å². The smallest absolute Gasteiger partial charge is 0.320 e. The second-order valence-electron chi connectivity index (χ2n) is 4.75. The highest BCUT2D eigenvalue weighted by Crippen LogP contribution is 2.15. The van der Waals surface area contributed by atoms with E-state index in [2.05, 4.69) is 14.8 Å². The number of rotatable bonds is 6. The van der Waals surface area contributed by atoms with E-state index in [4.69, 9.17) is 4.74 Å². The van der Waals surface area contributed by atoms with Crippen molar-refractivity contribution in [3.63, 3.8) is 0 Å². The first kappa shape index (κ1) is 14.0. The van der Waals surface area contributed by atoms with Gasteiger partial charge in [-0.05, 0) is 26.3 Å². The minimum absolute atomic E-state index is 0.178. The Hall–Kier alpha value is -1.43. The number of aryl methyl sites for hydroxylation is 1. The molecule has 0 saturated heterocycles. The number of esters is 1. The number of ether oxygens (including phenoxy) is 1. The highest BCUT2D eigenvalue weighted by atomic mass is 16.5. The van der Waals surface area contributed by atoms with E-state index in [1.165, 1.54) is 12.8 Å². The van der Waals surface area contributed by atoms with Gasteiger partial charge < -0.3 is 9.30 Å². The molecule has 0 aliphatic carbocycles. The van der Waals surface area contributed by atoms with Crippen molar-refractivity contribution in [2.45, 2.75) is 46.2 Å². The van der Waals surface area contributed by atoms with Gasteiger partial charge >= 0.3 is 5.97 Å². The molecule has 0 N–H and O–H groups in total. The summed E-state index contributed by atoms with van der Waals surface area (Å²) in [7, 11) is 0. The van der Waals surface area contributed by atoms with Crippen molar-refractivity contribution in [2.24, 2.45) is 0 Å². The van der Waals surface area contributed by atoms with Gasteiger partial charge in [-0.1, -0.05) is 6.92 Å². The van der Waals surface area contributed by atoms with E-state index in [0.29, 0.717) is 19.7 Å². The zero-order valence-corrected chi connectivity index (χ0v) is 11.8. The van der Waals surface area contributed by atoms with Crippen LogP contribution in [0.15, 0.2) is 0 Å². The Kier molecular flexibility index (Phi) is 4.90. The number of nitrogens with zero attached hydrogens (tertiary/aromatic N) is 4. The second-order valence-corrected chi connectivity index (χ2v) is 4.75. The quantitative estimate of drug-likeness (QED) is 0.719. The summed E-state index contributed by atoms with van der Waals surface area (Å²) in [5.41, 5.74) is 0. The van der Waals surface area contributed by atoms with Crippen molar-refractivity contribution in [3.8, 4) is 0 Å². The van der Waals surface area contributed by atoms with Gasteiger partial charge in [0.05, 0.1) is 19.7 Å². The molecule has 0 bridgehead atoms. The summed E-state index contributed by atoms with van der Waals surface area (Å²) in [5.74, 6) is 1.86. The molecule has 1 aliphatic rings. The van der Waals surface area contributed by atoms with Gasteiger partial charge in [-0.15, -0.1) is 10.2 Å². The Morgan fingerprint density at radius 3 is 2.95 bits per heavy atom. The number of carbonyl (C=O) groups excluding carboxylic acids is 1. The average Bonchev–Trinajstić information content (AvgIpc) is 2.82. The summed E-state index contributed by atoms with van der Waals surface area (Å²) in [5, 5.41) is 8.49. The molecule has 106 valence electrons. The van der Waals surface area contributed by atoms with Gasteiger partial charge in [0.2, 0.25) is 0 Å². The third kappa shape index (κ3) is 3.53. The number of carbonyl (C=O) groups is 1. The van der Waals surface area contributed by atoms with Gasteiger partial charge in [-0.2, -0.15) is 0 Å². The molecule has 1 aliphatic heterocycles. The summed E-state index contributed by atoms with van der Waals surface area (Å²) in [6.45, 7) is 7.04. The van der Waals surface area contributed by atoms with Gasteiger partial charge in [0, 0.05) is 13.0 Å². The monoisotopic (exact) mass is 266 g/mol. The van der Waals surface area contributed by atoms with Crippen molar-refractivity contribution in [3.05, 3.63) is 11.6 Å². The lowest BCUT2D eigenvalue weighted by Crippen LogP contribution is -2.32. The Labute approximate surface area is 113 Å². The van der Waals surface area contributed by atoms with Crippen molar-refractivity contribution in [2.75, 3.05) is 19.7 Å². The first-order chi connectivity index (χ1) is 9.24. The lowest BCUT2D eigenvalue weighted by molar-refractivity contribution is -0.144. The Balaban J connectivity index is 1.98. The molecule has 0 spiro atoms. The third-order valence-electron chi connectivity index (χ3n) is 3.41. The Morgan fingerprint density at radius 1 is 1.37 bits per heavy atom. The largest absolute Gasteiger partial charge is 0.465 e. The van der Waals surface area contributed by atoms with Crippen LogP contribution in [0.4, 0.5) is 0 Å². The highest BCUT2D eigenvalue weighted by Gasteiger charge is 2.18. The van der Waals surface area contributed by atoms with Gasteiger partial charge in [-0.3, -0.25) is 9.69 Å². The molecule has 6 heteroatoms. The number of hydrogen-bond acceptors (Lipinski definition) is 5. The number of hydrogen-bond donors (Lipinski definition) is 0. The first-order valence-corrected chi connectivity index (χ1v) is 7.03. The van der Waals surface area contributed by atoms with E-state index in [9.17, 15) is 4.79 Å². The van der Waals surface area contributed by atoms with Crippen molar-refractivity contribution in [1.82, 2.24) is 19.7 Å². The van der Waals surface area contributed by atoms with Crippen LogP contribution in [0.3, 0.4) is 0 Å². The maximum Gasteiger partial charge on any atom is 0.320 e.